The van der Waals surface area contributed by atoms with Crippen molar-refractivity contribution in [3.8, 4) is 0 Å². The van der Waals surface area contributed by atoms with Crippen LogP contribution in [0, 0.1) is 0 Å². The fraction of sp³-hybridized carbons (Fsp3) is 0.167. The summed E-state index contributed by atoms with van der Waals surface area (Å²) in [7, 11) is 0. The van der Waals surface area contributed by atoms with Crippen molar-refractivity contribution in [1.82, 2.24) is 9.88 Å². The van der Waals surface area contributed by atoms with Gasteiger partial charge in [0.05, 0.1) is 16.3 Å². The highest BCUT2D eigenvalue weighted by molar-refractivity contribution is 6.35. The Bertz CT molecular complexity index is 1180. The minimum atomic E-state index is -0.164. The number of carbonyl (C=O) groups excluding carboxylic acids is 2. The van der Waals surface area contributed by atoms with Gasteiger partial charge in [-0.15, -0.1) is 0 Å². The van der Waals surface area contributed by atoms with Crippen LogP contribution in [0.4, 0.5) is 11.4 Å². The zero-order valence-electron chi connectivity index (χ0n) is 16.8. The van der Waals surface area contributed by atoms with Crippen molar-refractivity contribution in [2.24, 2.45) is 0 Å². The van der Waals surface area contributed by atoms with Crippen molar-refractivity contribution in [3.63, 3.8) is 0 Å². The van der Waals surface area contributed by atoms with E-state index in [1.165, 1.54) is 0 Å². The van der Waals surface area contributed by atoms with Gasteiger partial charge in [0, 0.05) is 54.9 Å². The molecular weight excluding hydrogens is 412 g/mol. The van der Waals surface area contributed by atoms with E-state index in [-0.39, 0.29) is 11.8 Å². The molecule has 3 heterocycles. The van der Waals surface area contributed by atoms with E-state index in [0.29, 0.717) is 24.2 Å². The summed E-state index contributed by atoms with van der Waals surface area (Å²) in [6, 6.07) is 16.9. The number of aromatic nitrogens is 1. The van der Waals surface area contributed by atoms with Crippen molar-refractivity contribution in [3.05, 3.63) is 82.6 Å². The monoisotopic (exact) mass is 432 g/mol. The molecule has 0 bridgehead atoms. The Balaban J connectivity index is 1.34. The second kappa shape index (κ2) is 7.96. The summed E-state index contributed by atoms with van der Waals surface area (Å²) in [6.07, 6.45) is 3.61. The molecule has 1 fully saturated rings. The number of piperazine rings is 1. The quantitative estimate of drug-likeness (QED) is 0.611. The number of hydrogen-bond donors (Lipinski definition) is 2. The molecule has 0 atom stereocenters. The third kappa shape index (κ3) is 3.70. The van der Waals surface area contributed by atoms with Gasteiger partial charge in [-0.1, -0.05) is 23.7 Å². The van der Waals surface area contributed by atoms with E-state index >= 15 is 0 Å². The standard InChI is InChI=1S/C24H21ClN4O2/c25-20-5-1-2-6-22(20)28-10-12-29(13-11-28)24(31)16-7-8-21-18(14-16)19(23(30)27-21)15-17-4-3-9-26-17/h1-9,14-15,26H,10-13H2,(H,27,30)/b19-15-. The molecule has 3 aromatic rings. The lowest BCUT2D eigenvalue weighted by atomic mass is 10.0. The van der Waals surface area contributed by atoms with Gasteiger partial charge in [0.1, 0.15) is 0 Å². The lowest BCUT2D eigenvalue weighted by Crippen LogP contribution is -2.48. The van der Waals surface area contributed by atoms with Crippen LogP contribution >= 0.6 is 11.6 Å². The van der Waals surface area contributed by atoms with Crippen LogP contribution in [0.3, 0.4) is 0 Å². The molecule has 1 saturated heterocycles. The molecular formula is C24H21ClN4O2. The summed E-state index contributed by atoms with van der Waals surface area (Å²) in [5.41, 5.74) is 4.44. The van der Waals surface area contributed by atoms with Crippen LogP contribution in [0.1, 0.15) is 21.6 Å². The van der Waals surface area contributed by atoms with E-state index in [1.807, 2.05) is 53.6 Å². The molecule has 1 aromatic heterocycles. The molecule has 0 saturated carbocycles. The maximum atomic E-state index is 13.2. The number of H-pyrrole nitrogens is 1. The summed E-state index contributed by atoms with van der Waals surface area (Å²) < 4.78 is 0. The van der Waals surface area contributed by atoms with Gasteiger partial charge in [0.15, 0.2) is 0 Å². The molecule has 0 radical (unpaired) electrons. The Morgan fingerprint density at radius 3 is 2.55 bits per heavy atom. The molecule has 2 amide bonds. The third-order valence-electron chi connectivity index (χ3n) is 5.73. The first-order valence-corrected chi connectivity index (χ1v) is 10.6. The second-order valence-electron chi connectivity index (χ2n) is 7.63. The van der Waals surface area contributed by atoms with Gasteiger partial charge < -0.3 is 20.1 Å². The summed E-state index contributed by atoms with van der Waals surface area (Å²) in [5.74, 6) is -0.192. The molecule has 0 unspecified atom stereocenters. The minimum absolute atomic E-state index is 0.0276. The predicted octanol–water partition coefficient (Wildman–Crippen LogP) is 4.12. The molecule has 2 aromatic carbocycles. The maximum Gasteiger partial charge on any atom is 0.256 e. The van der Waals surface area contributed by atoms with E-state index < -0.39 is 0 Å². The normalized spacial score (nSPS) is 17.1. The fourth-order valence-electron chi connectivity index (χ4n) is 4.10. The minimum Gasteiger partial charge on any atom is -0.367 e. The number of rotatable bonds is 3. The van der Waals surface area contributed by atoms with Gasteiger partial charge in [-0.2, -0.15) is 0 Å². The molecule has 156 valence electrons. The van der Waals surface area contributed by atoms with Gasteiger partial charge in [-0.25, -0.2) is 0 Å². The van der Waals surface area contributed by atoms with Gasteiger partial charge >= 0.3 is 0 Å². The van der Waals surface area contributed by atoms with Crippen LogP contribution < -0.4 is 10.2 Å². The smallest absolute Gasteiger partial charge is 0.256 e. The molecule has 7 heteroatoms. The highest BCUT2D eigenvalue weighted by atomic mass is 35.5. The Hall–Kier alpha value is -3.51. The average molecular weight is 433 g/mol. The van der Waals surface area contributed by atoms with Gasteiger partial charge in [0.25, 0.3) is 11.8 Å². The first-order valence-electron chi connectivity index (χ1n) is 10.2. The summed E-state index contributed by atoms with van der Waals surface area (Å²) in [6.45, 7) is 2.67. The van der Waals surface area contributed by atoms with E-state index in [1.54, 1.807) is 18.2 Å². The number of fused-ring (bicyclic) bond motifs is 1. The molecule has 0 spiro atoms. The van der Waals surface area contributed by atoms with E-state index in [4.69, 9.17) is 11.6 Å². The number of hydrogen-bond acceptors (Lipinski definition) is 3. The molecule has 2 N–H and O–H groups in total. The molecule has 0 aliphatic carbocycles. The largest absolute Gasteiger partial charge is 0.367 e. The number of aromatic amines is 1. The van der Waals surface area contributed by atoms with E-state index in [2.05, 4.69) is 15.2 Å². The van der Waals surface area contributed by atoms with Crippen molar-refractivity contribution >= 4 is 46.4 Å². The van der Waals surface area contributed by atoms with Crippen LogP contribution in [-0.4, -0.2) is 47.9 Å². The molecule has 31 heavy (non-hydrogen) atoms. The Kier molecular flexibility index (Phi) is 5.00. The van der Waals surface area contributed by atoms with Gasteiger partial charge in [0.2, 0.25) is 0 Å². The van der Waals surface area contributed by atoms with Crippen LogP contribution in [0.5, 0.6) is 0 Å². The van der Waals surface area contributed by atoms with Gasteiger partial charge in [-0.05, 0) is 48.5 Å². The van der Waals surface area contributed by atoms with Crippen molar-refractivity contribution in [2.45, 2.75) is 0 Å². The average Bonchev–Trinajstić information content (AvgIpc) is 3.41. The Morgan fingerprint density at radius 2 is 1.81 bits per heavy atom. The number of carbonyl (C=O) groups is 2. The van der Waals surface area contributed by atoms with Crippen molar-refractivity contribution in [1.29, 1.82) is 0 Å². The first kappa shape index (κ1) is 19.5. The van der Waals surface area contributed by atoms with Crippen molar-refractivity contribution < 1.29 is 9.59 Å². The topological polar surface area (TPSA) is 68.4 Å². The Morgan fingerprint density at radius 1 is 1.00 bits per heavy atom. The number of amides is 2. The Labute approximate surface area is 185 Å². The number of halogens is 1. The second-order valence-corrected chi connectivity index (χ2v) is 8.04. The summed E-state index contributed by atoms with van der Waals surface area (Å²) in [4.78, 5) is 32.7. The predicted molar refractivity (Wildman–Crippen MR) is 123 cm³/mol. The number of benzene rings is 2. The molecule has 2 aliphatic heterocycles. The lowest BCUT2D eigenvalue weighted by Gasteiger charge is -2.36. The number of nitrogens with zero attached hydrogens (tertiary/aromatic N) is 2. The van der Waals surface area contributed by atoms with Crippen LogP contribution in [0.2, 0.25) is 5.02 Å². The fourth-order valence-corrected chi connectivity index (χ4v) is 4.35. The highest BCUT2D eigenvalue weighted by Crippen LogP contribution is 2.34. The number of nitrogens with one attached hydrogen (secondary N) is 2. The highest BCUT2D eigenvalue weighted by Gasteiger charge is 2.28. The van der Waals surface area contributed by atoms with E-state index in [0.717, 1.165) is 40.7 Å². The summed E-state index contributed by atoms with van der Waals surface area (Å²) in [5, 5.41) is 3.59. The van der Waals surface area contributed by atoms with Crippen LogP contribution in [0.25, 0.3) is 11.6 Å². The zero-order chi connectivity index (χ0) is 21.4. The third-order valence-corrected chi connectivity index (χ3v) is 6.05. The first-order chi connectivity index (χ1) is 15.1. The van der Waals surface area contributed by atoms with Crippen LogP contribution in [0.15, 0.2) is 60.8 Å². The number of para-hydroxylation sites is 1. The molecule has 2 aliphatic rings. The molecule has 6 nitrogen and oxygen atoms in total. The van der Waals surface area contributed by atoms with Crippen LogP contribution in [-0.2, 0) is 4.79 Å². The summed E-state index contributed by atoms with van der Waals surface area (Å²) >= 11 is 6.32. The maximum absolute atomic E-state index is 13.2. The lowest BCUT2D eigenvalue weighted by molar-refractivity contribution is -0.110. The van der Waals surface area contributed by atoms with Gasteiger partial charge in [-0.3, -0.25) is 9.59 Å². The van der Waals surface area contributed by atoms with Crippen molar-refractivity contribution in [2.75, 3.05) is 36.4 Å². The number of anilines is 2. The SMILES string of the molecule is O=C1Nc2ccc(C(=O)N3CCN(c4ccccc4Cl)CC3)cc2/C1=C/c1ccc[nH]1. The zero-order valence-corrected chi connectivity index (χ0v) is 17.5. The van der Waals surface area contributed by atoms with E-state index in [9.17, 15) is 9.59 Å². The molecule has 5 rings (SSSR count).